The quantitative estimate of drug-likeness (QED) is 0.488. The minimum Gasteiger partial charge on any atom is -0.307 e. The van der Waals surface area contributed by atoms with Gasteiger partial charge in [0.05, 0.1) is 0 Å². The molecule has 2 rings (SSSR count). The molecule has 60 valence electrons. The number of nitrogens with one attached hydrogen (secondary N) is 2. The largest absolute Gasteiger partial charge is 0.307 e. The minimum atomic E-state index is 0.0561. The van der Waals surface area contributed by atoms with Gasteiger partial charge in [-0.3, -0.25) is 5.32 Å². The Morgan fingerprint density at radius 3 is 3.36 bits per heavy atom. The van der Waals surface area contributed by atoms with Gasteiger partial charge in [-0.15, -0.1) is 11.8 Å². The van der Waals surface area contributed by atoms with E-state index in [-0.39, 0.29) is 5.50 Å². The highest BCUT2D eigenvalue weighted by Gasteiger charge is 2.32. The average molecular weight is 169 g/mol. The van der Waals surface area contributed by atoms with Gasteiger partial charge in [-0.2, -0.15) is 0 Å². The molecular weight excluding hydrogens is 158 g/mol. The van der Waals surface area contributed by atoms with E-state index < -0.39 is 0 Å². The molecule has 11 heavy (non-hydrogen) atoms. The standard InChI is InChI=1S/C7H11N3S/c8-4-1-2-5-6(3-4)11-7(9)10-5/h1-2,5-8,10H,3,9H2. The molecule has 1 aliphatic carbocycles. The summed E-state index contributed by atoms with van der Waals surface area (Å²) in [5.74, 6) is 0. The Morgan fingerprint density at radius 1 is 1.73 bits per heavy atom. The lowest BCUT2D eigenvalue weighted by molar-refractivity contribution is 0.600. The van der Waals surface area contributed by atoms with E-state index in [1.807, 2.05) is 12.2 Å². The van der Waals surface area contributed by atoms with Gasteiger partial charge in [0, 0.05) is 23.4 Å². The first-order valence-corrected chi connectivity index (χ1v) is 4.63. The van der Waals surface area contributed by atoms with Crippen molar-refractivity contribution in [3.05, 3.63) is 12.2 Å². The molecule has 4 N–H and O–H groups in total. The molecule has 0 bridgehead atoms. The summed E-state index contributed by atoms with van der Waals surface area (Å²) in [4.78, 5) is 0. The van der Waals surface area contributed by atoms with Crippen molar-refractivity contribution in [2.45, 2.75) is 23.2 Å². The second kappa shape index (κ2) is 2.62. The lowest BCUT2D eigenvalue weighted by Crippen LogP contribution is -2.37. The van der Waals surface area contributed by atoms with Gasteiger partial charge in [0.15, 0.2) is 0 Å². The number of nitrogens with two attached hydrogens (primary N) is 1. The van der Waals surface area contributed by atoms with Crippen LogP contribution in [0.3, 0.4) is 0 Å². The summed E-state index contributed by atoms with van der Waals surface area (Å²) in [5, 5.41) is 11.2. The third kappa shape index (κ3) is 1.34. The molecule has 1 heterocycles. The third-order valence-electron chi connectivity index (χ3n) is 2.00. The number of hydrogen-bond acceptors (Lipinski definition) is 4. The van der Waals surface area contributed by atoms with E-state index in [1.54, 1.807) is 11.8 Å². The Hall–Kier alpha value is -0.320. The van der Waals surface area contributed by atoms with Crippen LogP contribution in [0.1, 0.15) is 6.42 Å². The van der Waals surface area contributed by atoms with E-state index in [4.69, 9.17) is 11.1 Å². The molecule has 2 aliphatic rings. The molecule has 0 aromatic rings. The predicted molar refractivity (Wildman–Crippen MR) is 47.8 cm³/mol. The van der Waals surface area contributed by atoms with Crippen LogP contribution in [0.15, 0.2) is 12.2 Å². The lowest BCUT2D eigenvalue weighted by atomic mass is 10.0. The van der Waals surface area contributed by atoms with Gasteiger partial charge >= 0.3 is 0 Å². The first-order valence-electron chi connectivity index (χ1n) is 3.68. The molecule has 0 amide bonds. The van der Waals surface area contributed by atoms with Gasteiger partial charge in [-0.05, 0) is 6.08 Å². The second-order valence-corrected chi connectivity index (χ2v) is 4.26. The van der Waals surface area contributed by atoms with Crippen molar-refractivity contribution in [3.8, 4) is 0 Å². The first-order chi connectivity index (χ1) is 5.25. The average Bonchev–Trinajstić information content (AvgIpc) is 2.27. The fraction of sp³-hybridized carbons (Fsp3) is 0.571. The molecule has 4 heteroatoms. The van der Waals surface area contributed by atoms with Gasteiger partial charge in [0.2, 0.25) is 0 Å². The number of fused-ring (bicyclic) bond motifs is 1. The zero-order chi connectivity index (χ0) is 7.84. The van der Waals surface area contributed by atoms with Gasteiger partial charge < -0.3 is 11.1 Å². The maximum absolute atomic E-state index is 7.44. The number of thioether (sulfide) groups is 1. The molecule has 3 nitrogen and oxygen atoms in total. The van der Waals surface area contributed by atoms with Crippen molar-refractivity contribution >= 4 is 17.5 Å². The summed E-state index contributed by atoms with van der Waals surface area (Å²) in [6.45, 7) is 0. The van der Waals surface area contributed by atoms with Crippen molar-refractivity contribution in [2.75, 3.05) is 0 Å². The Kier molecular flexibility index (Phi) is 1.75. The molecular formula is C7H11N3S. The molecule has 3 unspecified atom stereocenters. The van der Waals surface area contributed by atoms with Gasteiger partial charge in [0.1, 0.15) is 5.50 Å². The number of rotatable bonds is 0. The Morgan fingerprint density at radius 2 is 2.55 bits per heavy atom. The topological polar surface area (TPSA) is 61.9 Å². The van der Waals surface area contributed by atoms with Crippen LogP contribution in [0.4, 0.5) is 0 Å². The van der Waals surface area contributed by atoms with Crippen LogP contribution in [0.25, 0.3) is 0 Å². The highest BCUT2D eigenvalue weighted by atomic mass is 32.2. The molecule has 1 saturated heterocycles. The first kappa shape index (κ1) is 7.34. The molecule has 3 atom stereocenters. The van der Waals surface area contributed by atoms with Crippen LogP contribution >= 0.6 is 11.8 Å². The smallest absolute Gasteiger partial charge is 0.104 e. The molecule has 0 radical (unpaired) electrons. The fourth-order valence-corrected chi connectivity index (χ4v) is 2.70. The summed E-state index contributed by atoms with van der Waals surface area (Å²) < 4.78 is 0. The van der Waals surface area contributed by atoms with Crippen LogP contribution in [0, 0.1) is 5.41 Å². The lowest BCUT2D eigenvalue weighted by Gasteiger charge is -2.18. The third-order valence-corrected chi connectivity index (χ3v) is 3.24. The zero-order valence-electron chi connectivity index (χ0n) is 6.08. The summed E-state index contributed by atoms with van der Waals surface area (Å²) in [7, 11) is 0. The van der Waals surface area contributed by atoms with Crippen molar-refractivity contribution in [3.63, 3.8) is 0 Å². The summed E-state index contributed by atoms with van der Waals surface area (Å²) in [6, 6.07) is 0.393. The van der Waals surface area contributed by atoms with Crippen LogP contribution in [0.2, 0.25) is 0 Å². The highest BCUT2D eigenvalue weighted by Crippen LogP contribution is 2.30. The van der Waals surface area contributed by atoms with E-state index in [0.29, 0.717) is 11.3 Å². The molecule has 0 spiro atoms. The highest BCUT2D eigenvalue weighted by molar-refractivity contribution is 8.00. The Bertz CT molecular complexity index is 214. The maximum atomic E-state index is 7.44. The van der Waals surface area contributed by atoms with Crippen molar-refractivity contribution in [1.82, 2.24) is 5.32 Å². The zero-order valence-corrected chi connectivity index (χ0v) is 6.90. The number of allylic oxidation sites excluding steroid dienone is 1. The van der Waals surface area contributed by atoms with Crippen molar-refractivity contribution in [1.29, 1.82) is 5.41 Å². The van der Waals surface area contributed by atoms with E-state index in [0.717, 1.165) is 12.1 Å². The van der Waals surface area contributed by atoms with Crippen LogP contribution in [-0.4, -0.2) is 22.5 Å². The van der Waals surface area contributed by atoms with Crippen molar-refractivity contribution < 1.29 is 0 Å². The van der Waals surface area contributed by atoms with E-state index in [9.17, 15) is 0 Å². The van der Waals surface area contributed by atoms with Crippen LogP contribution in [0.5, 0.6) is 0 Å². The maximum Gasteiger partial charge on any atom is 0.104 e. The summed E-state index contributed by atoms with van der Waals surface area (Å²) in [6.07, 6.45) is 4.76. The van der Waals surface area contributed by atoms with E-state index in [2.05, 4.69) is 5.32 Å². The van der Waals surface area contributed by atoms with Crippen LogP contribution < -0.4 is 11.1 Å². The molecule has 1 aliphatic heterocycles. The Balaban J connectivity index is 2.13. The van der Waals surface area contributed by atoms with E-state index in [1.165, 1.54) is 0 Å². The van der Waals surface area contributed by atoms with Crippen LogP contribution in [-0.2, 0) is 0 Å². The minimum absolute atomic E-state index is 0.0561. The monoisotopic (exact) mass is 169 g/mol. The fourth-order valence-electron chi connectivity index (χ4n) is 1.47. The summed E-state index contributed by atoms with van der Waals surface area (Å²) in [5.41, 5.74) is 6.46. The van der Waals surface area contributed by atoms with Crippen molar-refractivity contribution in [2.24, 2.45) is 5.73 Å². The molecule has 0 aromatic carbocycles. The number of hydrogen-bond donors (Lipinski definition) is 3. The summed E-state index contributed by atoms with van der Waals surface area (Å²) >= 11 is 1.73. The molecule has 0 aromatic heterocycles. The molecule has 1 fully saturated rings. The van der Waals surface area contributed by atoms with Gasteiger partial charge in [-0.1, -0.05) is 6.08 Å². The predicted octanol–water partition coefficient (Wildman–Crippen LogP) is 0.282. The normalized spacial score (nSPS) is 42.6. The van der Waals surface area contributed by atoms with Gasteiger partial charge in [-0.25, -0.2) is 0 Å². The van der Waals surface area contributed by atoms with Gasteiger partial charge in [0.25, 0.3) is 0 Å². The SMILES string of the molecule is N=C1C=CC2NC(N)SC2C1. The van der Waals surface area contributed by atoms with E-state index >= 15 is 0 Å². The second-order valence-electron chi connectivity index (χ2n) is 2.88. The Labute approximate surface area is 69.9 Å². The molecule has 0 saturated carbocycles.